The number of hydrogen-bond donors (Lipinski definition) is 1. The highest BCUT2D eigenvalue weighted by atomic mass is 15.6. The van der Waals surface area contributed by atoms with Crippen molar-refractivity contribution in [3.8, 4) is 11.4 Å². The first kappa shape index (κ1) is 13.2. The third kappa shape index (κ3) is 3.42. The summed E-state index contributed by atoms with van der Waals surface area (Å²) in [5.74, 6) is 1.57. The average Bonchev–Trinajstić information content (AvgIpc) is 3.16. The molecule has 1 fully saturated rings. The van der Waals surface area contributed by atoms with Crippen LogP contribution in [0.5, 0.6) is 0 Å². The lowest BCUT2D eigenvalue weighted by Gasteiger charge is -2.09. The SMILES string of the molecule is c1ccc(-c2nnn(CCNCC3CCCC3)n2)cc1. The van der Waals surface area contributed by atoms with Gasteiger partial charge in [0.05, 0.1) is 6.54 Å². The molecule has 0 aliphatic heterocycles. The van der Waals surface area contributed by atoms with Crippen molar-refractivity contribution in [1.82, 2.24) is 25.5 Å². The fourth-order valence-electron chi connectivity index (χ4n) is 2.74. The maximum Gasteiger partial charge on any atom is 0.204 e. The fraction of sp³-hybridized carbons (Fsp3) is 0.533. The van der Waals surface area contributed by atoms with Gasteiger partial charge in [-0.25, -0.2) is 0 Å². The Kier molecular flexibility index (Phi) is 4.38. The molecule has 20 heavy (non-hydrogen) atoms. The van der Waals surface area contributed by atoms with Crippen LogP contribution in [0.25, 0.3) is 11.4 Å². The van der Waals surface area contributed by atoms with Crippen molar-refractivity contribution in [2.24, 2.45) is 5.92 Å². The lowest BCUT2D eigenvalue weighted by Crippen LogP contribution is -2.25. The van der Waals surface area contributed by atoms with Crippen molar-refractivity contribution in [3.63, 3.8) is 0 Å². The molecule has 0 radical (unpaired) electrons. The number of hydrogen-bond acceptors (Lipinski definition) is 4. The van der Waals surface area contributed by atoms with E-state index in [1.54, 1.807) is 4.80 Å². The Morgan fingerprint density at radius 1 is 1.15 bits per heavy atom. The van der Waals surface area contributed by atoms with E-state index in [9.17, 15) is 0 Å². The van der Waals surface area contributed by atoms with Crippen molar-refractivity contribution >= 4 is 0 Å². The lowest BCUT2D eigenvalue weighted by atomic mass is 10.1. The van der Waals surface area contributed by atoms with Crippen LogP contribution in [0.2, 0.25) is 0 Å². The standard InChI is InChI=1S/C15H21N5/c1-2-8-14(9-3-1)15-17-19-20(18-15)11-10-16-12-13-6-4-5-7-13/h1-3,8-9,13,16H,4-7,10-12H2. The summed E-state index contributed by atoms with van der Waals surface area (Å²) in [7, 11) is 0. The maximum absolute atomic E-state index is 4.40. The molecule has 1 aliphatic carbocycles. The third-order valence-corrected chi connectivity index (χ3v) is 3.88. The summed E-state index contributed by atoms with van der Waals surface area (Å²) in [6.07, 6.45) is 5.56. The number of nitrogens with zero attached hydrogens (tertiary/aromatic N) is 4. The number of nitrogens with one attached hydrogen (secondary N) is 1. The second-order valence-corrected chi connectivity index (χ2v) is 5.43. The maximum atomic E-state index is 4.40. The molecule has 1 aliphatic rings. The van der Waals surface area contributed by atoms with Gasteiger partial charge in [-0.05, 0) is 30.5 Å². The summed E-state index contributed by atoms with van der Waals surface area (Å²) >= 11 is 0. The van der Waals surface area contributed by atoms with Gasteiger partial charge in [0, 0.05) is 12.1 Å². The van der Waals surface area contributed by atoms with Gasteiger partial charge in [0.1, 0.15) is 0 Å². The molecule has 5 heteroatoms. The number of rotatable bonds is 6. The summed E-state index contributed by atoms with van der Waals surface area (Å²) in [6, 6.07) is 9.96. The molecule has 0 unspecified atom stereocenters. The quantitative estimate of drug-likeness (QED) is 0.818. The Morgan fingerprint density at radius 2 is 1.95 bits per heavy atom. The van der Waals surface area contributed by atoms with Crippen LogP contribution in [0.3, 0.4) is 0 Å². The van der Waals surface area contributed by atoms with E-state index in [4.69, 9.17) is 0 Å². The number of benzene rings is 1. The predicted molar refractivity (Wildman–Crippen MR) is 78.1 cm³/mol. The summed E-state index contributed by atoms with van der Waals surface area (Å²) in [5, 5.41) is 16.1. The largest absolute Gasteiger partial charge is 0.315 e. The van der Waals surface area contributed by atoms with Crippen LogP contribution in [0.1, 0.15) is 25.7 Å². The minimum Gasteiger partial charge on any atom is -0.315 e. The zero-order valence-electron chi connectivity index (χ0n) is 11.7. The summed E-state index contributed by atoms with van der Waals surface area (Å²) < 4.78 is 0. The van der Waals surface area contributed by atoms with Crippen molar-refractivity contribution in [3.05, 3.63) is 30.3 Å². The van der Waals surface area contributed by atoms with E-state index in [1.807, 2.05) is 30.3 Å². The van der Waals surface area contributed by atoms with Gasteiger partial charge in [-0.3, -0.25) is 0 Å². The van der Waals surface area contributed by atoms with Crippen LogP contribution in [-0.4, -0.2) is 33.3 Å². The number of aromatic nitrogens is 4. The average molecular weight is 271 g/mol. The normalized spacial score (nSPS) is 15.8. The predicted octanol–water partition coefficient (Wildman–Crippen LogP) is 2.12. The third-order valence-electron chi connectivity index (χ3n) is 3.88. The molecule has 0 saturated heterocycles. The van der Waals surface area contributed by atoms with Gasteiger partial charge >= 0.3 is 0 Å². The van der Waals surface area contributed by atoms with Gasteiger partial charge in [0.15, 0.2) is 0 Å². The first-order valence-corrected chi connectivity index (χ1v) is 7.46. The zero-order valence-corrected chi connectivity index (χ0v) is 11.7. The molecule has 3 rings (SSSR count). The van der Waals surface area contributed by atoms with Crippen LogP contribution in [0, 0.1) is 5.92 Å². The molecule has 1 heterocycles. The lowest BCUT2D eigenvalue weighted by molar-refractivity contribution is 0.446. The van der Waals surface area contributed by atoms with Crippen molar-refractivity contribution in [2.45, 2.75) is 32.2 Å². The molecule has 0 bridgehead atoms. The molecule has 1 aromatic carbocycles. The smallest absolute Gasteiger partial charge is 0.204 e. The highest BCUT2D eigenvalue weighted by Gasteiger charge is 2.13. The van der Waals surface area contributed by atoms with E-state index in [1.165, 1.54) is 25.7 Å². The Bertz CT molecular complexity index is 516. The molecule has 5 nitrogen and oxygen atoms in total. The molecule has 0 atom stereocenters. The second-order valence-electron chi connectivity index (χ2n) is 5.43. The minimum absolute atomic E-state index is 0.696. The van der Waals surface area contributed by atoms with Crippen LogP contribution in [0.4, 0.5) is 0 Å². The summed E-state index contributed by atoms with van der Waals surface area (Å²) in [6.45, 7) is 2.80. The zero-order chi connectivity index (χ0) is 13.6. The molecule has 2 aromatic rings. The monoisotopic (exact) mass is 271 g/mol. The fourth-order valence-corrected chi connectivity index (χ4v) is 2.74. The highest BCUT2D eigenvalue weighted by Crippen LogP contribution is 2.23. The molecule has 1 N–H and O–H groups in total. The molecule has 0 spiro atoms. The highest BCUT2D eigenvalue weighted by molar-refractivity contribution is 5.52. The van der Waals surface area contributed by atoms with E-state index in [-0.39, 0.29) is 0 Å². The van der Waals surface area contributed by atoms with Gasteiger partial charge in [-0.1, -0.05) is 43.2 Å². The molecule has 106 valence electrons. The Balaban J connectivity index is 1.45. The first-order valence-electron chi connectivity index (χ1n) is 7.46. The van der Waals surface area contributed by atoms with Crippen molar-refractivity contribution in [2.75, 3.05) is 13.1 Å². The Hall–Kier alpha value is -1.75. The van der Waals surface area contributed by atoms with E-state index >= 15 is 0 Å². The molecule has 1 saturated carbocycles. The van der Waals surface area contributed by atoms with E-state index < -0.39 is 0 Å². The van der Waals surface area contributed by atoms with Crippen LogP contribution in [0.15, 0.2) is 30.3 Å². The molecular formula is C15H21N5. The molecule has 1 aromatic heterocycles. The molecule has 0 amide bonds. The van der Waals surface area contributed by atoms with Crippen LogP contribution in [-0.2, 0) is 6.54 Å². The van der Waals surface area contributed by atoms with Crippen molar-refractivity contribution < 1.29 is 0 Å². The Morgan fingerprint density at radius 3 is 2.75 bits per heavy atom. The summed E-state index contributed by atoms with van der Waals surface area (Å²) in [5.41, 5.74) is 1.01. The van der Waals surface area contributed by atoms with E-state index in [0.29, 0.717) is 5.82 Å². The van der Waals surface area contributed by atoms with Gasteiger partial charge < -0.3 is 5.32 Å². The second kappa shape index (κ2) is 6.61. The van der Waals surface area contributed by atoms with Gasteiger partial charge in [-0.15, -0.1) is 10.2 Å². The van der Waals surface area contributed by atoms with Crippen LogP contribution < -0.4 is 5.32 Å². The van der Waals surface area contributed by atoms with Gasteiger partial charge in [0.2, 0.25) is 5.82 Å². The van der Waals surface area contributed by atoms with Crippen molar-refractivity contribution in [1.29, 1.82) is 0 Å². The van der Waals surface area contributed by atoms with Gasteiger partial charge in [-0.2, -0.15) is 4.80 Å². The van der Waals surface area contributed by atoms with Crippen LogP contribution >= 0.6 is 0 Å². The van der Waals surface area contributed by atoms with E-state index in [0.717, 1.165) is 31.1 Å². The summed E-state index contributed by atoms with van der Waals surface area (Å²) in [4.78, 5) is 1.67. The van der Waals surface area contributed by atoms with E-state index in [2.05, 4.69) is 20.7 Å². The minimum atomic E-state index is 0.696. The van der Waals surface area contributed by atoms with Gasteiger partial charge in [0.25, 0.3) is 0 Å². The first-order chi connectivity index (χ1) is 9.92. The number of tetrazole rings is 1. The molecular weight excluding hydrogens is 250 g/mol. The Labute approximate surface area is 119 Å². The topological polar surface area (TPSA) is 55.6 Å².